The van der Waals surface area contributed by atoms with Crippen LogP contribution in [0.3, 0.4) is 0 Å². The van der Waals surface area contributed by atoms with Gasteiger partial charge in [-0.2, -0.15) is 24.6 Å². The maximum absolute atomic E-state index is 3.90. The van der Waals surface area contributed by atoms with Crippen LogP contribution in [-0.2, 0) is 21.7 Å². The predicted molar refractivity (Wildman–Crippen MR) is 73.2 cm³/mol. The molecule has 2 rings (SSSR count). The topological polar surface area (TPSA) is 3.24 Å². The first-order valence-electron chi connectivity index (χ1n) is 5.02. The largest absolute Gasteiger partial charge is 3.00 e. The molecule has 2 heteroatoms. The number of rotatable bonds is 1. The van der Waals surface area contributed by atoms with Crippen molar-refractivity contribution in [1.82, 2.24) is 0 Å². The van der Waals surface area contributed by atoms with Gasteiger partial charge >= 0.3 is 21.7 Å². The Labute approximate surface area is 121 Å². The molecule has 0 aliphatic heterocycles. The number of nitrogens with zero attached hydrogens (tertiary/aromatic N) is 1. The summed E-state index contributed by atoms with van der Waals surface area (Å²) in [7, 11) is 4.04. The average Bonchev–Trinajstić information content (AvgIpc) is 2.75. The maximum atomic E-state index is 3.90. The molecular weight excluding hydrogens is 242 g/mol. The van der Waals surface area contributed by atoms with Gasteiger partial charge in [0, 0.05) is 0 Å². The van der Waals surface area contributed by atoms with Crippen molar-refractivity contribution in [3.63, 3.8) is 0 Å². The van der Waals surface area contributed by atoms with Crippen molar-refractivity contribution in [3.8, 4) is 0 Å². The van der Waals surface area contributed by atoms with E-state index in [-0.39, 0.29) is 29.1 Å². The molecule has 0 amide bonds. The molecule has 1 aromatic carbocycles. The summed E-state index contributed by atoms with van der Waals surface area (Å²) >= 11 is 0. The zero-order chi connectivity index (χ0) is 11.1. The van der Waals surface area contributed by atoms with Gasteiger partial charge in [-0.3, -0.25) is 6.08 Å². The molecule has 0 saturated heterocycles. The van der Waals surface area contributed by atoms with Crippen LogP contribution in [0.25, 0.3) is 0 Å². The molecule has 0 aromatic heterocycles. The number of para-hydroxylation sites is 1. The van der Waals surface area contributed by atoms with Crippen LogP contribution in [0, 0.1) is 20.4 Å². The first-order valence-corrected chi connectivity index (χ1v) is 5.02. The molecule has 1 aromatic rings. The Bertz CT molecular complexity index is 344. The van der Waals surface area contributed by atoms with Crippen molar-refractivity contribution in [2.24, 2.45) is 0 Å². The molecule has 1 aliphatic carbocycles. The fraction of sp³-hybridized carbons (Fsp3) is 0.200. The van der Waals surface area contributed by atoms with Crippen LogP contribution < -0.4 is 4.90 Å². The Hall–Kier alpha value is -0.916. The molecule has 0 fully saturated rings. The number of benzene rings is 1. The van der Waals surface area contributed by atoms with E-state index in [0.717, 1.165) is 12.0 Å². The second-order valence-corrected chi connectivity index (χ2v) is 3.53. The van der Waals surface area contributed by atoms with Gasteiger partial charge < -0.3 is 12.3 Å². The van der Waals surface area contributed by atoms with E-state index >= 15 is 0 Å². The Balaban J connectivity index is 0. The summed E-state index contributed by atoms with van der Waals surface area (Å²) in [6.07, 6.45) is 10.0. The van der Waals surface area contributed by atoms with Crippen LogP contribution in [0.4, 0.5) is 5.69 Å². The summed E-state index contributed by atoms with van der Waals surface area (Å²) in [6, 6.07) is 8.08. The Kier molecular flexibility index (Phi) is 11.1. The van der Waals surface area contributed by atoms with E-state index in [1.165, 1.54) is 5.69 Å². The van der Waals surface area contributed by atoms with Gasteiger partial charge in [-0.1, -0.05) is 17.8 Å². The van der Waals surface area contributed by atoms with Gasteiger partial charge in [-0.05, 0) is 14.1 Å². The summed E-state index contributed by atoms with van der Waals surface area (Å²) in [5, 5.41) is 0. The third-order valence-corrected chi connectivity index (χ3v) is 2.06. The standard InChI is InChI=1S/C9H12N.C5H5.CH3.Ti/c1-8-6-4-5-7-9(8)10(2)3;1-2-4-5-3-1;;/h4-7H,1H2,2-3H3;1-3H,4H2;1H3;/q3*-1;+3. The fourth-order valence-electron chi connectivity index (χ4n) is 1.29. The molecule has 0 N–H and O–H groups in total. The number of anilines is 1. The number of hydrogen-bond donors (Lipinski definition) is 0. The molecule has 89 valence electrons. The fourth-order valence-corrected chi connectivity index (χ4v) is 1.29. The Morgan fingerprint density at radius 3 is 2.18 bits per heavy atom. The molecule has 1 radical (unpaired) electrons. The minimum atomic E-state index is 0. The smallest absolute Gasteiger partial charge is 0.428 e. The minimum absolute atomic E-state index is 0. The van der Waals surface area contributed by atoms with Gasteiger partial charge in [0.2, 0.25) is 0 Å². The van der Waals surface area contributed by atoms with Crippen LogP contribution >= 0.6 is 0 Å². The molecule has 0 saturated carbocycles. The number of hydrogen-bond acceptors (Lipinski definition) is 1. The van der Waals surface area contributed by atoms with Crippen LogP contribution in [0.15, 0.2) is 42.5 Å². The SMILES string of the molecule is [C-]1=CC=CC1.[CH2-]c1ccccc1N(C)C.[CH3-].[Ti+3]. The van der Waals surface area contributed by atoms with E-state index < -0.39 is 0 Å². The van der Waals surface area contributed by atoms with Crippen molar-refractivity contribution in [2.75, 3.05) is 19.0 Å². The summed E-state index contributed by atoms with van der Waals surface area (Å²) in [4.78, 5) is 2.06. The summed E-state index contributed by atoms with van der Waals surface area (Å²) in [5.41, 5.74) is 2.26. The van der Waals surface area contributed by atoms with Gasteiger partial charge in [0.1, 0.15) is 0 Å². The van der Waals surface area contributed by atoms with Gasteiger partial charge in [0.25, 0.3) is 0 Å². The van der Waals surface area contributed by atoms with Crippen molar-refractivity contribution < 1.29 is 21.7 Å². The van der Waals surface area contributed by atoms with Crippen LogP contribution in [0.1, 0.15) is 12.0 Å². The molecule has 0 bridgehead atoms. The normalized spacial score (nSPS) is 10.7. The first kappa shape index (κ1) is 18.4. The van der Waals surface area contributed by atoms with Crippen molar-refractivity contribution >= 4 is 5.69 Å². The van der Waals surface area contributed by atoms with Crippen LogP contribution in [0.5, 0.6) is 0 Å². The van der Waals surface area contributed by atoms with Gasteiger partial charge in [-0.25, -0.2) is 12.2 Å². The van der Waals surface area contributed by atoms with Crippen LogP contribution in [0.2, 0.25) is 0 Å². The first-order chi connectivity index (χ1) is 7.22. The van der Waals surface area contributed by atoms with Crippen molar-refractivity contribution in [2.45, 2.75) is 6.42 Å². The van der Waals surface area contributed by atoms with Gasteiger partial charge in [-0.15, -0.1) is 12.5 Å². The summed E-state index contributed by atoms with van der Waals surface area (Å²) < 4.78 is 0. The molecule has 0 atom stereocenters. The van der Waals surface area contributed by atoms with E-state index in [0.29, 0.717) is 0 Å². The average molecular weight is 262 g/mol. The molecule has 0 heterocycles. The maximum Gasteiger partial charge on any atom is 3.00 e. The second kappa shape index (κ2) is 10.3. The van der Waals surface area contributed by atoms with E-state index in [4.69, 9.17) is 0 Å². The molecular formula is C15H20NTi. The van der Waals surface area contributed by atoms with E-state index in [9.17, 15) is 0 Å². The van der Waals surface area contributed by atoms with Gasteiger partial charge in [0.15, 0.2) is 0 Å². The second-order valence-electron chi connectivity index (χ2n) is 3.53. The molecule has 1 nitrogen and oxygen atoms in total. The van der Waals surface area contributed by atoms with Crippen LogP contribution in [-0.4, -0.2) is 14.1 Å². The predicted octanol–water partition coefficient (Wildman–Crippen LogP) is 3.69. The van der Waals surface area contributed by atoms with Crippen molar-refractivity contribution in [3.05, 3.63) is 68.5 Å². The third-order valence-electron chi connectivity index (χ3n) is 2.06. The van der Waals surface area contributed by atoms with Crippen molar-refractivity contribution in [1.29, 1.82) is 0 Å². The zero-order valence-corrected chi connectivity index (χ0v) is 12.5. The third kappa shape index (κ3) is 7.09. The molecule has 0 unspecified atom stereocenters. The monoisotopic (exact) mass is 262 g/mol. The quantitative estimate of drug-likeness (QED) is 0.551. The molecule has 1 aliphatic rings. The van der Waals surface area contributed by atoms with Gasteiger partial charge in [0.05, 0.1) is 0 Å². The van der Waals surface area contributed by atoms with E-state index in [1.807, 2.05) is 44.4 Å². The zero-order valence-electron chi connectivity index (χ0n) is 10.9. The summed E-state index contributed by atoms with van der Waals surface area (Å²) in [5.74, 6) is 0. The van der Waals surface area contributed by atoms with E-state index in [2.05, 4.69) is 30.0 Å². The minimum Gasteiger partial charge on any atom is -0.428 e. The molecule has 0 spiro atoms. The Morgan fingerprint density at radius 1 is 1.24 bits per heavy atom. The summed E-state index contributed by atoms with van der Waals surface area (Å²) in [6.45, 7) is 3.90. The Morgan fingerprint density at radius 2 is 1.88 bits per heavy atom. The van der Waals surface area contributed by atoms with E-state index in [1.54, 1.807) is 0 Å². The molecule has 17 heavy (non-hydrogen) atoms. The number of allylic oxidation sites excluding steroid dienone is 4.